The molecule has 3 rings (SSSR count). The number of aromatic nitrogens is 1. The summed E-state index contributed by atoms with van der Waals surface area (Å²) in [6, 6.07) is 17.9. The number of aliphatic hydroxyl groups is 1. The molecule has 0 radical (unpaired) electrons. The maximum absolute atomic E-state index is 11.1. The molecule has 0 bridgehead atoms. The van der Waals surface area contributed by atoms with Crippen molar-refractivity contribution in [1.82, 2.24) is 4.98 Å². The quantitative estimate of drug-likeness (QED) is 0.334. The molecule has 0 spiro atoms. The van der Waals surface area contributed by atoms with E-state index in [9.17, 15) is 4.79 Å². The minimum atomic E-state index is -0.889. The second kappa shape index (κ2) is 12.2. The minimum absolute atomic E-state index is 0.315. The zero-order chi connectivity index (χ0) is 21.9. The molecule has 0 unspecified atom stereocenters. The van der Waals surface area contributed by atoms with Crippen molar-refractivity contribution in [2.24, 2.45) is 0 Å². The van der Waals surface area contributed by atoms with Crippen LogP contribution in [0.25, 0.3) is 10.9 Å². The molecule has 0 saturated carbocycles. The van der Waals surface area contributed by atoms with Crippen LogP contribution in [0.2, 0.25) is 0 Å². The zero-order valence-corrected chi connectivity index (χ0v) is 18.2. The van der Waals surface area contributed by atoms with Crippen LogP contribution in [0, 0.1) is 0 Å². The van der Waals surface area contributed by atoms with Crippen molar-refractivity contribution in [2.75, 3.05) is 6.61 Å². The lowest BCUT2D eigenvalue weighted by Gasteiger charge is -2.07. The van der Waals surface area contributed by atoms with E-state index in [2.05, 4.69) is 30.3 Å². The summed E-state index contributed by atoms with van der Waals surface area (Å²) in [5.74, 6) is -0.889. The fourth-order valence-corrected chi connectivity index (χ4v) is 3.96. The Bertz CT molecular complexity index is 983. The van der Waals surface area contributed by atoms with Gasteiger partial charge in [0.1, 0.15) is 0 Å². The number of pyridine rings is 1. The van der Waals surface area contributed by atoms with Crippen LogP contribution in [0.5, 0.6) is 0 Å². The van der Waals surface area contributed by atoms with Gasteiger partial charge in [0, 0.05) is 17.7 Å². The number of aliphatic hydroxyl groups excluding tert-OH is 1. The third kappa shape index (κ3) is 7.48. The molecule has 4 nitrogen and oxygen atoms in total. The normalized spacial score (nSPS) is 11.1. The lowest BCUT2D eigenvalue weighted by molar-refractivity contribution is 0.0696. The summed E-state index contributed by atoms with van der Waals surface area (Å²) >= 11 is 0. The Kier molecular flexibility index (Phi) is 9.04. The number of aromatic carboxylic acids is 1. The van der Waals surface area contributed by atoms with Crippen molar-refractivity contribution in [3.8, 4) is 0 Å². The number of benzene rings is 2. The van der Waals surface area contributed by atoms with Crippen LogP contribution >= 0.6 is 0 Å². The van der Waals surface area contributed by atoms with Crippen LogP contribution in [-0.2, 0) is 19.3 Å². The summed E-state index contributed by atoms with van der Waals surface area (Å²) < 4.78 is 0. The van der Waals surface area contributed by atoms with Gasteiger partial charge >= 0.3 is 5.97 Å². The first-order valence-corrected chi connectivity index (χ1v) is 11.5. The summed E-state index contributed by atoms with van der Waals surface area (Å²) in [6.45, 7) is 0.315. The largest absolute Gasteiger partial charge is 0.478 e. The summed E-state index contributed by atoms with van der Waals surface area (Å²) in [4.78, 5) is 16.0. The number of carbonyl (C=O) groups is 1. The zero-order valence-electron chi connectivity index (χ0n) is 18.2. The fourth-order valence-electron chi connectivity index (χ4n) is 3.96. The molecule has 1 aromatic heterocycles. The molecule has 164 valence electrons. The van der Waals surface area contributed by atoms with Gasteiger partial charge in [-0.25, -0.2) is 4.79 Å². The summed E-state index contributed by atoms with van der Waals surface area (Å²) in [6.07, 6.45) is 10.9. The number of unbranched alkanes of at least 4 members (excludes halogenated alkanes) is 6. The van der Waals surface area contributed by atoms with E-state index in [0.717, 1.165) is 54.3 Å². The summed E-state index contributed by atoms with van der Waals surface area (Å²) in [5, 5.41) is 19.1. The van der Waals surface area contributed by atoms with Crippen molar-refractivity contribution in [3.05, 3.63) is 77.0 Å². The van der Waals surface area contributed by atoms with Crippen LogP contribution in [0.3, 0.4) is 0 Å². The molecule has 4 heteroatoms. The van der Waals surface area contributed by atoms with E-state index in [1.807, 2.05) is 6.07 Å². The molecule has 3 aromatic rings. The molecule has 0 aliphatic rings. The molecule has 2 aromatic carbocycles. The molecule has 0 atom stereocenters. The molecule has 0 amide bonds. The average Bonchev–Trinajstić information content (AvgIpc) is 2.79. The van der Waals surface area contributed by atoms with Gasteiger partial charge in [0.05, 0.1) is 11.1 Å². The monoisotopic (exact) mass is 419 g/mol. The minimum Gasteiger partial charge on any atom is -0.478 e. The van der Waals surface area contributed by atoms with Gasteiger partial charge < -0.3 is 10.2 Å². The van der Waals surface area contributed by atoms with Crippen LogP contribution in [0.4, 0.5) is 0 Å². The number of carboxylic acids is 1. The molecule has 0 aliphatic carbocycles. The van der Waals surface area contributed by atoms with E-state index in [0.29, 0.717) is 12.2 Å². The highest BCUT2D eigenvalue weighted by Crippen LogP contribution is 2.18. The molecule has 31 heavy (non-hydrogen) atoms. The molecular formula is C27H33NO3. The van der Waals surface area contributed by atoms with Gasteiger partial charge in [-0.15, -0.1) is 0 Å². The second-order valence-corrected chi connectivity index (χ2v) is 8.28. The predicted octanol–water partition coefficient (Wildman–Crippen LogP) is 5.98. The number of aryl methyl sites for hydroxylation is 3. The Hall–Kier alpha value is -2.72. The lowest BCUT2D eigenvalue weighted by Crippen LogP contribution is -1.99. The highest BCUT2D eigenvalue weighted by molar-refractivity contribution is 5.87. The number of hydrogen-bond acceptors (Lipinski definition) is 3. The maximum atomic E-state index is 11.1. The van der Waals surface area contributed by atoms with Gasteiger partial charge in [0.25, 0.3) is 0 Å². The summed E-state index contributed by atoms with van der Waals surface area (Å²) in [5.41, 5.74) is 4.77. The first-order chi connectivity index (χ1) is 15.2. The molecule has 1 heterocycles. The van der Waals surface area contributed by atoms with Gasteiger partial charge in [-0.3, -0.25) is 4.98 Å². The third-order valence-electron chi connectivity index (χ3n) is 5.78. The molecule has 0 fully saturated rings. The van der Waals surface area contributed by atoms with Crippen molar-refractivity contribution >= 4 is 16.9 Å². The van der Waals surface area contributed by atoms with Gasteiger partial charge in [-0.2, -0.15) is 0 Å². The van der Waals surface area contributed by atoms with Crippen molar-refractivity contribution in [3.63, 3.8) is 0 Å². The van der Waals surface area contributed by atoms with Crippen molar-refractivity contribution < 1.29 is 15.0 Å². The summed E-state index contributed by atoms with van der Waals surface area (Å²) in [7, 11) is 0. The van der Waals surface area contributed by atoms with Crippen LogP contribution in [-0.4, -0.2) is 27.8 Å². The van der Waals surface area contributed by atoms with Crippen LogP contribution in [0.1, 0.15) is 72.1 Å². The van der Waals surface area contributed by atoms with Crippen LogP contribution in [0.15, 0.2) is 54.6 Å². The number of hydrogen-bond donors (Lipinski definition) is 2. The van der Waals surface area contributed by atoms with E-state index in [1.165, 1.54) is 37.7 Å². The van der Waals surface area contributed by atoms with Crippen molar-refractivity contribution in [1.29, 1.82) is 0 Å². The SMILES string of the molecule is O=C(O)c1cccc(CCc2ccc3ccc(CCCCCCCCCO)cc3n2)c1. The number of fused-ring (bicyclic) bond motifs is 1. The highest BCUT2D eigenvalue weighted by Gasteiger charge is 2.05. The van der Waals surface area contributed by atoms with Gasteiger partial charge in [0.2, 0.25) is 0 Å². The number of carboxylic acid groups (broad SMARTS) is 1. The smallest absolute Gasteiger partial charge is 0.335 e. The third-order valence-corrected chi connectivity index (χ3v) is 5.78. The Morgan fingerprint density at radius 1 is 0.742 bits per heavy atom. The van der Waals surface area contributed by atoms with Gasteiger partial charge in [-0.05, 0) is 67.5 Å². The molecule has 0 aliphatic heterocycles. The Labute approximate surface area is 185 Å². The van der Waals surface area contributed by atoms with Crippen LogP contribution < -0.4 is 0 Å². The van der Waals surface area contributed by atoms with Gasteiger partial charge in [0.15, 0.2) is 0 Å². The predicted molar refractivity (Wildman–Crippen MR) is 126 cm³/mol. The van der Waals surface area contributed by atoms with E-state index >= 15 is 0 Å². The maximum Gasteiger partial charge on any atom is 0.335 e. The van der Waals surface area contributed by atoms with E-state index < -0.39 is 5.97 Å². The second-order valence-electron chi connectivity index (χ2n) is 8.28. The van der Waals surface area contributed by atoms with E-state index in [-0.39, 0.29) is 0 Å². The van der Waals surface area contributed by atoms with Crippen molar-refractivity contribution in [2.45, 2.75) is 64.2 Å². The number of rotatable bonds is 13. The Morgan fingerprint density at radius 3 is 2.23 bits per heavy atom. The van der Waals surface area contributed by atoms with Gasteiger partial charge in [-0.1, -0.05) is 62.4 Å². The van der Waals surface area contributed by atoms with E-state index in [1.54, 1.807) is 18.2 Å². The average molecular weight is 420 g/mol. The Morgan fingerprint density at radius 2 is 1.45 bits per heavy atom. The first-order valence-electron chi connectivity index (χ1n) is 11.5. The lowest BCUT2D eigenvalue weighted by atomic mass is 10.0. The highest BCUT2D eigenvalue weighted by atomic mass is 16.4. The standard InChI is InChI=1S/C27H33NO3/c29-18-7-5-3-1-2-4-6-9-22-12-14-23-15-17-25(28-26(23)20-22)16-13-21-10-8-11-24(19-21)27(30)31/h8,10-12,14-15,17,19-20,29H,1-7,9,13,16,18H2,(H,30,31). The fraction of sp³-hybridized carbons (Fsp3) is 0.407. The molecule has 0 saturated heterocycles. The van der Waals surface area contributed by atoms with E-state index in [4.69, 9.17) is 15.2 Å². The Balaban J connectivity index is 1.51. The number of nitrogens with zero attached hydrogens (tertiary/aromatic N) is 1. The topological polar surface area (TPSA) is 70.4 Å². The molecule has 2 N–H and O–H groups in total. The molecular weight excluding hydrogens is 386 g/mol. The first kappa shape index (κ1) is 23.0.